The number of hydrogen-bond donors (Lipinski definition) is 1. The van der Waals surface area contributed by atoms with Crippen molar-refractivity contribution in [3.05, 3.63) is 34.9 Å². The van der Waals surface area contributed by atoms with E-state index in [2.05, 4.69) is 29.3 Å². The summed E-state index contributed by atoms with van der Waals surface area (Å²) in [5.41, 5.74) is 1.27. The number of fused-ring (bicyclic) bond motifs is 2. The molecule has 2 aliphatic rings. The van der Waals surface area contributed by atoms with Gasteiger partial charge in [0.15, 0.2) is 0 Å². The van der Waals surface area contributed by atoms with Crippen LogP contribution in [0.1, 0.15) is 44.6 Å². The van der Waals surface area contributed by atoms with Crippen LogP contribution in [-0.4, -0.2) is 29.6 Å². The molecule has 2 nitrogen and oxygen atoms in total. The maximum Gasteiger partial charge on any atom is 0.0451 e. The minimum atomic E-state index is 0.727. The van der Waals surface area contributed by atoms with Gasteiger partial charge in [0.2, 0.25) is 0 Å². The highest BCUT2D eigenvalue weighted by atomic mass is 35.5. The van der Waals surface area contributed by atoms with E-state index in [0.29, 0.717) is 0 Å². The van der Waals surface area contributed by atoms with Crippen molar-refractivity contribution in [3.8, 4) is 0 Å². The van der Waals surface area contributed by atoms with E-state index in [9.17, 15) is 0 Å². The van der Waals surface area contributed by atoms with Gasteiger partial charge in [-0.1, -0.05) is 36.7 Å². The Morgan fingerprint density at radius 1 is 1.20 bits per heavy atom. The van der Waals surface area contributed by atoms with Crippen molar-refractivity contribution in [2.45, 2.75) is 63.7 Å². The van der Waals surface area contributed by atoms with Gasteiger partial charge in [-0.3, -0.25) is 4.90 Å². The van der Waals surface area contributed by atoms with Crippen LogP contribution in [0.2, 0.25) is 5.02 Å². The molecule has 0 amide bonds. The predicted octanol–water partition coefficient (Wildman–Crippen LogP) is 3.84. The molecule has 0 aliphatic carbocycles. The molecule has 0 saturated carbocycles. The summed E-state index contributed by atoms with van der Waals surface area (Å²) in [6, 6.07) is 10.5. The first-order valence-electron chi connectivity index (χ1n) is 7.99. The molecule has 2 fully saturated rings. The summed E-state index contributed by atoms with van der Waals surface area (Å²) in [6.45, 7) is 4.45. The molecule has 0 radical (unpaired) electrons. The van der Waals surface area contributed by atoms with Gasteiger partial charge in [-0.05, 0) is 50.3 Å². The standard InChI is InChI=1S/C17H25ClN2/c1-2-9-20(12-13-5-3-4-6-17(13)18)16-10-14-7-8-15(11-16)19-14/h3-6,14-16,19H,2,7-12H2,1H3. The molecule has 2 heterocycles. The first-order chi connectivity index (χ1) is 9.76. The molecule has 2 aliphatic heterocycles. The SMILES string of the molecule is CCCN(Cc1ccccc1Cl)C1CC2CCC(C1)N2. The van der Waals surface area contributed by atoms with Gasteiger partial charge in [-0.25, -0.2) is 0 Å². The van der Waals surface area contributed by atoms with Crippen molar-refractivity contribution in [2.75, 3.05) is 6.54 Å². The summed E-state index contributed by atoms with van der Waals surface area (Å²) in [7, 11) is 0. The van der Waals surface area contributed by atoms with Gasteiger partial charge in [0.1, 0.15) is 0 Å². The van der Waals surface area contributed by atoms with Crippen molar-refractivity contribution in [2.24, 2.45) is 0 Å². The summed E-state index contributed by atoms with van der Waals surface area (Å²) in [6.07, 6.45) is 6.56. The predicted molar refractivity (Wildman–Crippen MR) is 85.1 cm³/mol. The second-order valence-corrected chi connectivity index (χ2v) is 6.73. The fraction of sp³-hybridized carbons (Fsp3) is 0.647. The molecule has 1 aromatic carbocycles. The first kappa shape index (κ1) is 14.4. The third-order valence-electron chi connectivity index (χ3n) is 4.81. The normalized spacial score (nSPS) is 29.1. The summed E-state index contributed by atoms with van der Waals surface area (Å²) in [5.74, 6) is 0. The number of rotatable bonds is 5. The third-order valence-corrected chi connectivity index (χ3v) is 5.18. The van der Waals surface area contributed by atoms with Gasteiger partial charge in [0.25, 0.3) is 0 Å². The molecule has 1 N–H and O–H groups in total. The summed E-state index contributed by atoms with van der Waals surface area (Å²) in [5, 5.41) is 4.65. The minimum absolute atomic E-state index is 0.727. The number of halogens is 1. The van der Waals surface area contributed by atoms with Crippen LogP contribution in [0.15, 0.2) is 24.3 Å². The molecule has 110 valence electrons. The summed E-state index contributed by atoms with van der Waals surface area (Å²) < 4.78 is 0. The van der Waals surface area contributed by atoms with E-state index in [0.717, 1.165) is 29.7 Å². The molecule has 3 rings (SSSR count). The van der Waals surface area contributed by atoms with Crippen molar-refractivity contribution in [1.29, 1.82) is 0 Å². The van der Waals surface area contributed by atoms with Crippen LogP contribution in [0.5, 0.6) is 0 Å². The van der Waals surface area contributed by atoms with Crippen LogP contribution in [-0.2, 0) is 6.54 Å². The van der Waals surface area contributed by atoms with Crippen molar-refractivity contribution in [1.82, 2.24) is 10.2 Å². The number of benzene rings is 1. The van der Waals surface area contributed by atoms with Crippen LogP contribution in [0.4, 0.5) is 0 Å². The number of piperidine rings is 1. The topological polar surface area (TPSA) is 15.3 Å². The van der Waals surface area contributed by atoms with E-state index in [1.807, 2.05) is 12.1 Å². The van der Waals surface area contributed by atoms with Crippen LogP contribution < -0.4 is 5.32 Å². The van der Waals surface area contributed by atoms with E-state index < -0.39 is 0 Å². The van der Waals surface area contributed by atoms with Gasteiger partial charge in [0, 0.05) is 29.7 Å². The molecule has 2 atom stereocenters. The maximum absolute atomic E-state index is 6.34. The second kappa shape index (κ2) is 6.46. The highest BCUT2D eigenvalue weighted by Gasteiger charge is 2.35. The van der Waals surface area contributed by atoms with E-state index in [1.54, 1.807) is 0 Å². The van der Waals surface area contributed by atoms with Gasteiger partial charge >= 0.3 is 0 Å². The molecule has 1 aromatic rings. The Hall–Kier alpha value is -0.570. The molecule has 3 heteroatoms. The van der Waals surface area contributed by atoms with E-state index in [4.69, 9.17) is 11.6 Å². The van der Waals surface area contributed by atoms with Gasteiger partial charge in [-0.15, -0.1) is 0 Å². The van der Waals surface area contributed by atoms with Crippen molar-refractivity contribution in [3.63, 3.8) is 0 Å². The molecule has 20 heavy (non-hydrogen) atoms. The van der Waals surface area contributed by atoms with Crippen LogP contribution in [0.3, 0.4) is 0 Å². The lowest BCUT2D eigenvalue weighted by atomic mass is 9.97. The Bertz CT molecular complexity index is 436. The number of nitrogens with one attached hydrogen (secondary N) is 1. The van der Waals surface area contributed by atoms with Crippen molar-refractivity contribution >= 4 is 11.6 Å². The molecule has 2 bridgehead atoms. The average molecular weight is 293 g/mol. The molecule has 2 unspecified atom stereocenters. The average Bonchev–Trinajstić information content (AvgIpc) is 2.79. The molecule has 0 aromatic heterocycles. The monoisotopic (exact) mass is 292 g/mol. The van der Waals surface area contributed by atoms with E-state index in [-0.39, 0.29) is 0 Å². The second-order valence-electron chi connectivity index (χ2n) is 6.32. The Morgan fingerprint density at radius 2 is 1.90 bits per heavy atom. The fourth-order valence-corrected chi connectivity index (χ4v) is 4.04. The van der Waals surface area contributed by atoms with Crippen LogP contribution in [0, 0.1) is 0 Å². The lowest BCUT2D eigenvalue weighted by molar-refractivity contribution is 0.134. The molecule has 2 saturated heterocycles. The van der Waals surface area contributed by atoms with E-state index in [1.165, 1.54) is 44.2 Å². The van der Waals surface area contributed by atoms with Crippen LogP contribution in [0.25, 0.3) is 0 Å². The van der Waals surface area contributed by atoms with Crippen LogP contribution >= 0.6 is 11.6 Å². The number of hydrogen-bond acceptors (Lipinski definition) is 2. The highest BCUT2D eigenvalue weighted by molar-refractivity contribution is 6.31. The zero-order valence-corrected chi connectivity index (χ0v) is 13.1. The van der Waals surface area contributed by atoms with Crippen molar-refractivity contribution < 1.29 is 0 Å². The van der Waals surface area contributed by atoms with Gasteiger partial charge < -0.3 is 5.32 Å². The molecular formula is C17H25ClN2. The zero-order valence-electron chi connectivity index (χ0n) is 12.3. The Kier molecular flexibility index (Phi) is 4.65. The Morgan fingerprint density at radius 3 is 2.55 bits per heavy atom. The van der Waals surface area contributed by atoms with Gasteiger partial charge in [0.05, 0.1) is 0 Å². The Balaban J connectivity index is 1.70. The quantitative estimate of drug-likeness (QED) is 0.887. The van der Waals surface area contributed by atoms with Gasteiger partial charge in [-0.2, -0.15) is 0 Å². The molecule has 0 spiro atoms. The number of nitrogens with zero attached hydrogens (tertiary/aromatic N) is 1. The lowest BCUT2D eigenvalue weighted by Gasteiger charge is -2.38. The van der Waals surface area contributed by atoms with E-state index >= 15 is 0 Å². The largest absolute Gasteiger partial charge is 0.311 e. The lowest BCUT2D eigenvalue weighted by Crippen LogP contribution is -2.48. The smallest absolute Gasteiger partial charge is 0.0451 e. The summed E-state index contributed by atoms with van der Waals surface area (Å²) >= 11 is 6.34. The fourth-order valence-electron chi connectivity index (χ4n) is 3.85. The molecular weight excluding hydrogens is 268 g/mol. The zero-order chi connectivity index (χ0) is 13.9. The summed E-state index contributed by atoms with van der Waals surface area (Å²) in [4.78, 5) is 2.66. The first-order valence-corrected chi connectivity index (χ1v) is 8.37. The Labute approximate surface area is 127 Å². The maximum atomic E-state index is 6.34. The third kappa shape index (κ3) is 3.19. The minimum Gasteiger partial charge on any atom is -0.311 e. The highest BCUT2D eigenvalue weighted by Crippen LogP contribution is 2.31.